The fourth-order valence-corrected chi connectivity index (χ4v) is 3.40. The number of anilines is 2. The average Bonchev–Trinajstić information content (AvgIpc) is 2.68. The number of carbonyl (C=O) groups is 2. The molecule has 0 spiro atoms. The molecule has 0 bridgehead atoms. The maximum Gasteiger partial charge on any atom is 0.273 e. The highest BCUT2D eigenvalue weighted by Crippen LogP contribution is 2.30. The van der Waals surface area contributed by atoms with E-state index in [9.17, 15) is 19.7 Å². The molecule has 146 valence electrons. The summed E-state index contributed by atoms with van der Waals surface area (Å²) in [5.74, 6) is -0.809. The van der Waals surface area contributed by atoms with Crippen molar-refractivity contribution in [3.05, 3.63) is 63.7 Å². The molecule has 0 unspecified atom stereocenters. The van der Waals surface area contributed by atoms with Gasteiger partial charge in [-0.2, -0.15) is 0 Å². The number of amides is 2. The predicted octanol–water partition coefficient (Wildman–Crippen LogP) is 2.86. The van der Waals surface area contributed by atoms with Gasteiger partial charge in [-0.05, 0) is 38.0 Å². The van der Waals surface area contributed by atoms with Crippen LogP contribution in [0.1, 0.15) is 28.8 Å². The van der Waals surface area contributed by atoms with Crippen molar-refractivity contribution in [2.45, 2.75) is 19.8 Å². The van der Waals surface area contributed by atoms with Gasteiger partial charge < -0.3 is 16.0 Å². The van der Waals surface area contributed by atoms with E-state index >= 15 is 0 Å². The van der Waals surface area contributed by atoms with Crippen LogP contribution < -0.4 is 16.0 Å². The smallest absolute Gasteiger partial charge is 0.273 e. The summed E-state index contributed by atoms with van der Waals surface area (Å²) in [5.41, 5.74) is 7.49. The lowest BCUT2D eigenvalue weighted by Crippen LogP contribution is -2.38. The SMILES string of the molecule is Cc1ccc(C(=O)Nc2ccccc2N2CCC(C(N)=O)CC2)cc1[N+](=O)[O-]. The van der Waals surface area contributed by atoms with Gasteiger partial charge in [0.15, 0.2) is 0 Å². The highest BCUT2D eigenvalue weighted by atomic mass is 16.6. The number of piperidine rings is 1. The monoisotopic (exact) mass is 382 g/mol. The number of para-hydroxylation sites is 2. The maximum absolute atomic E-state index is 12.7. The maximum atomic E-state index is 12.7. The lowest BCUT2D eigenvalue weighted by Gasteiger charge is -2.33. The van der Waals surface area contributed by atoms with Crippen LogP contribution in [-0.2, 0) is 4.79 Å². The third kappa shape index (κ3) is 4.11. The van der Waals surface area contributed by atoms with Gasteiger partial charge in [-0.25, -0.2) is 0 Å². The van der Waals surface area contributed by atoms with Gasteiger partial charge >= 0.3 is 0 Å². The number of aryl methyl sites for hydroxylation is 1. The molecule has 0 aromatic heterocycles. The molecule has 1 saturated heterocycles. The Balaban J connectivity index is 1.79. The zero-order chi connectivity index (χ0) is 20.3. The lowest BCUT2D eigenvalue weighted by molar-refractivity contribution is -0.385. The number of nitrogens with zero attached hydrogens (tertiary/aromatic N) is 2. The second-order valence-corrected chi connectivity index (χ2v) is 6.89. The molecule has 1 heterocycles. The quantitative estimate of drug-likeness (QED) is 0.609. The molecule has 0 saturated carbocycles. The molecular weight excluding hydrogens is 360 g/mol. The summed E-state index contributed by atoms with van der Waals surface area (Å²) in [6.07, 6.45) is 1.34. The fraction of sp³-hybridized carbons (Fsp3) is 0.300. The van der Waals surface area contributed by atoms with E-state index in [2.05, 4.69) is 10.2 Å². The van der Waals surface area contributed by atoms with Gasteiger partial charge in [-0.3, -0.25) is 19.7 Å². The Hall–Kier alpha value is -3.42. The second-order valence-electron chi connectivity index (χ2n) is 6.89. The predicted molar refractivity (Wildman–Crippen MR) is 106 cm³/mol. The van der Waals surface area contributed by atoms with Crippen molar-refractivity contribution in [2.24, 2.45) is 11.7 Å². The van der Waals surface area contributed by atoms with Gasteiger partial charge in [0.2, 0.25) is 5.91 Å². The molecule has 2 amide bonds. The standard InChI is InChI=1S/C20H22N4O4/c1-13-6-7-15(12-18(13)24(27)28)20(26)22-16-4-2-3-5-17(16)23-10-8-14(9-11-23)19(21)25/h2-7,12,14H,8-11H2,1H3,(H2,21,25)(H,22,26). The Morgan fingerprint density at radius 2 is 1.86 bits per heavy atom. The Kier molecular flexibility index (Phi) is 5.58. The van der Waals surface area contributed by atoms with Crippen molar-refractivity contribution in [3.8, 4) is 0 Å². The molecule has 2 aromatic carbocycles. The van der Waals surface area contributed by atoms with Crippen LogP contribution in [0.25, 0.3) is 0 Å². The number of benzene rings is 2. The van der Waals surface area contributed by atoms with Gasteiger partial charge in [-0.1, -0.05) is 18.2 Å². The van der Waals surface area contributed by atoms with Gasteiger partial charge in [0, 0.05) is 36.2 Å². The number of hydrogen-bond acceptors (Lipinski definition) is 5. The summed E-state index contributed by atoms with van der Waals surface area (Å²) in [4.78, 5) is 36.8. The van der Waals surface area contributed by atoms with Crippen molar-refractivity contribution in [1.82, 2.24) is 0 Å². The van der Waals surface area contributed by atoms with Gasteiger partial charge in [0.25, 0.3) is 11.6 Å². The van der Waals surface area contributed by atoms with Gasteiger partial charge in [0.1, 0.15) is 0 Å². The fourth-order valence-electron chi connectivity index (χ4n) is 3.40. The molecule has 0 atom stereocenters. The number of carbonyl (C=O) groups excluding carboxylic acids is 2. The number of nitro benzene ring substituents is 1. The van der Waals surface area contributed by atoms with E-state index in [1.807, 2.05) is 18.2 Å². The number of primary amides is 1. The Morgan fingerprint density at radius 3 is 2.50 bits per heavy atom. The van der Waals surface area contributed by atoms with Crippen LogP contribution in [0.15, 0.2) is 42.5 Å². The molecule has 8 nitrogen and oxygen atoms in total. The van der Waals surface area contributed by atoms with Crippen LogP contribution in [0.5, 0.6) is 0 Å². The van der Waals surface area contributed by atoms with Gasteiger partial charge in [-0.15, -0.1) is 0 Å². The number of nitro groups is 1. The number of nitrogens with one attached hydrogen (secondary N) is 1. The van der Waals surface area contributed by atoms with E-state index in [1.54, 1.807) is 25.1 Å². The molecule has 3 rings (SSSR count). The third-order valence-corrected chi connectivity index (χ3v) is 5.06. The normalized spacial score (nSPS) is 14.5. The first-order valence-electron chi connectivity index (χ1n) is 9.06. The van der Waals surface area contributed by atoms with E-state index in [-0.39, 0.29) is 23.1 Å². The topological polar surface area (TPSA) is 119 Å². The van der Waals surface area contributed by atoms with Crippen LogP contribution >= 0.6 is 0 Å². The molecule has 8 heteroatoms. The minimum Gasteiger partial charge on any atom is -0.370 e. The van der Waals surface area contributed by atoms with Crippen molar-refractivity contribution in [2.75, 3.05) is 23.3 Å². The van der Waals surface area contributed by atoms with Gasteiger partial charge in [0.05, 0.1) is 16.3 Å². The Labute approximate surface area is 162 Å². The minimum absolute atomic E-state index is 0.0885. The summed E-state index contributed by atoms with van der Waals surface area (Å²) in [6.45, 7) is 2.96. The van der Waals surface area contributed by atoms with E-state index in [0.29, 0.717) is 37.2 Å². The first-order chi connectivity index (χ1) is 13.4. The molecule has 1 aliphatic rings. The average molecular weight is 382 g/mol. The molecule has 0 aliphatic carbocycles. The van der Waals surface area contributed by atoms with Crippen molar-refractivity contribution in [1.29, 1.82) is 0 Å². The Morgan fingerprint density at radius 1 is 1.18 bits per heavy atom. The highest BCUT2D eigenvalue weighted by molar-refractivity contribution is 6.06. The summed E-state index contributed by atoms with van der Waals surface area (Å²) >= 11 is 0. The summed E-state index contributed by atoms with van der Waals surface area (Å²) in [5, 5.41) is 14.0. The molecular formula is C20H22N4O4. The van der Waals surface area contributed by atoms with E-state index in [1.165, 1.54) is 6.07 Å². The zero-order valence-electron chi connectivity index (χ0n) is 15.6. The summed E-state index contributed by atoms with van der Waals surface area (Å²) in [6, 6.07) is 11.8. The number of nitrogens with two attached hydrogens (primary N) is 1. The first-order valence-corrected chi connectivity index (χ1v) is 9.06. The lowest BCUT2D eigenvalue weighted by atomic mass is 9.96. The van der Waals surface area contributed by atoms with E-state index < -0.39 is 10.8 Å². The van der Waals surface area contributed by atoms with E-state index in [0.717, 1.165) is 5.69 Å². The first kappa shape index (κ1) is 19.3. The van der Waals surface area contributed by atoms with Crippen LogP contribution in [0.4, 0.5) is 17.1 Å². The largest absolute Gasteiger partial charge is 0.370 e. The molecule has 0 radical (unpaired) electrons. The van der Waals surface area contributed by atoms with Crippen molar-refractivity contribution < 1.29 is 14.5 Å². The van der Waals surface area contributed by atoms with Crippen molar-refractivity contribution in [3.63, 3.8) is 0 Å². The van der Waals surface area contributed by atoms with Crippen LogP contribution in [0.2, 0.25) is 0 Å². The van der Waals surface area contributed by atoms with E-state index in [4.69, 9.17) is 5.73 Å². The molecule has 28 heavy (non-hydrogen) atoms. The summed E-state index contributed by atoms with van der Waals surface area (Å²) < 4.78 is 0. The second kappa shape index (κ2) is 8.08. The molecule has 2 aromatic rings. The van der Waals surface area contributed by atoms with Crippen LogP contribution in [0, 0.1) is 23.0 Å². The van der Waals surface area contributed by atoms with Crippen molar-refractivity contribution >= 4 is 28.9 Å². The third-order valence-electron chi connectivity index (χ3n) is 5.06. The van der Waals surface area contributed by atoms with Crippen LogP contribution in [0.3, 0.4) is 0 Å². The number of hydrogen-bond donors (Lipinski definition) is 2. The molecule has 3 N–H and O–H groups in total. The zero-order valence-corrected chi connectivity index (χ0v) is 15.6. The molecule has 1 aliphatic heterocycles. The summed E-state index contributed by atoms with van der Waals surface area (Å²) in [7, 11) is 0. The number of rotatable bonds is 5. The minimum atomic E-state index is -0.497. The Bertz CT molecular complexity index is 920. The molecule has 1 fully saturated rings. The highest BCUT2D eigenvalue weighted by Gasteiger charge is 2.25. The van der Waals surface area contributed by atoms with Crippen LogP contribution in [-0.4, -0.2) is 29.8 Å².